The Bertz CT molecular complexity index is 1300. The molecule has 1 aliphatic rings. The third kappa shape index (κ3) is 8.71. The van der Waals surface area contributed by atoms with Crippen molar-refractivity contribution in [2.75, 3.05) is 19.7 Å². The minimum Gasteiger partial charge on any atom is -0.375 e. The number of rotatable bonds is 15. The average molecular weight is 564 g/mol. The zero-order chi connectivity index (χ0) is 28.8. The summed E-state index contributed by atoms with van der Waals surface area (Å²) in [4.78, 5) is 2.37. The molecular weight excluding hydrogens is 522 g/mol. The summed E-state index contributed by atoms with van der Waals surface area (Å²) in [5.74, 6) is 0. The van der Waals surface area contributed by atoms with Crippen LogP contribution in [0.2, 0.25) is 0 Å². The Morgan fingerprint density at radius 3 is 1.48 bits per heavy atom. The van der Waals surface area contributed by atoms with Crippen LogP contribution in [-0.4, -0.2) is 49.0 Å². The van der Waals surface area contributed by atoms with E-state index in [-0.39, 0.29) is 24.4 Å². The molecule has 5 heteroatoms. The average Bonchev–Trinajstić information content (AvgIpc) is 3.05. The Hall–Kier alpha value is -3.58. The lowest BCUT2D eigenvalue weighted by atomic mass is 9.93. The first-order valence-corrected chi connectivity index (χ1v) is 14.7. The molecule has 1 heterocycles. The van der Waals surface area contributed by atoms with Crippen molar-refractivity contribution >= 4 is 0 Å². The van der Waals surface area contributed by atoms with Crippen LogP contribution in [0.3, 0.4) is 0 Å². The van der Waals surface area contributed by atoms with Crippen molar-refractivity contribution in [1.29, 1.82) is 0 Å². The highest BCUT2D eigenvalue weighted by Crippen LogP contribution is 2.29. The first-order chi connectivity index (χ1) is 20.8. The molecule has 1 aliphatic heterocycles. The fourth-order valence-corrected chi connectivity index (χ4v) is 5.42. The molecule has 0 unspecified atom stereocenters. The summed E-state index contributed by atoms with van der Waals surface area (Å²) in [5.41, 5.74) is 4.51. The van der Waals surface area contributed by atoms with Crippen LogP contribution in [0.25, 0.3) is 0 Å². The lowest BCUT2D eigenvalue weighted by molar-refractivity contribution is -0.209. The Morgan fingerprint density at radius 1 is 0.571 bits per heavy atom. The molecule has 4 atom stereocenters. The zero-order valence-electron chi connectivity index (χ0n) is 24.2. The smallest absolute Gasteiger partial charge is 0.113 e. The number of nitrogens with zero attached hydrogens (tertiary/aromatic N) is 1. The maximum absolute atomic E-state index is 6.78. The van der Waals surface area contributed by atoms with Crippen molar-refractivity contribution in [3.05, 3.63) is 156 Å². The van der Waals surface area contributed by atoms with Crippen LogP contribution >= 0.6 is 0 Å². The first-order valence-electron chi connectivity index (χ1n) is 14.7. The summed E-state index contributed by atoms with van der Waals surface area (Å²) in [6, 6.07) is 41.1. The van der Waals surface area contributed by atoms with Gasteiger partial charge < -0.3 is 18.9 Å². The molecule has 1 fully saturated rings. The van der Waals surface area contributed by atoms with Crippen LogP contribution in [-0.2, 0) is 45.4 Å². The molecule has 0 aromatic heterocycles. The predicted octanol–water partition coefficient (Wildman–Crippen LogP) is 6.83. The number of benzene rings is 4. The standard InChI is InChI=1S/C37H41NO4/c1-2-23-38-24-35(40-26-31-17-9-4-10-18-31)37(42-28-33-21-13-6-14-22-33)36(41-27-32-19-11-5-12-20-32)34(38)29-39-25-30-15-7-3-8-16-30/h2-22,34-37H,1,23-29H2/t34-,35-,36+,37+/m0/s1. The van der Waals surface area contributed by atoms with Gasteiger partial charge in [0, 0.05) is 13.1 Å². The molecule has 4 aromatic rings. The molecule has 1 saturated heterocycles. The molecule has 0 spiro atoms. The topological polar surface area (TPSA) is 40.2 Å². The molecular formula is C37H41NO4. The van der Waals surface area contributed by atoms with E-state index in [0.717, 1.165) is 22.3 Å². The molecule has 0 amide bonds. The zero-order valence-corrected chi connectivity index (χ0v) is 24.2. The molecule has 5 nitrogen and oxygen atoms in total. The van der Waals surface area contributed by atoms with E-state index in [4.69, 9.17) is 18.9 Å². The maximum Gasteiger partial charge on any atom is 0.113 e. The molecule has 218 valence electrons. The van der Waals surface area contributed by atoms with Gasteiger partial charge in [-0.05, 0) is 22.3 Å². The molecule has 0 N–H and O–H groups in total. The summed E-state index contributed by atoms with van der Waals surface area (Å²) in [6.07, 6.45) is 1.14. The Morgan fingerprint density at radius 2 is 1.00 bits per heavy atom. The lowest BCUT2D eigenvalue weighted by Gasteiger charge is -2.48. The monoisotopic (exact) mass is 563 g/mol. The first kappa shape index (κ1) is 29.9. The van der Waals surface area contributed by atoms with Crippen molar-refractivity contribution < 1.29 is 18.9 Å². The largest absolute Gasteiger partial charge is 0.375 e. The third-order valence-corrected chi connectivity index (χ3v) is 7.59. The summed E-state index contributed by atoms with van der Waals surface area (Å²) >= 11 is 0. The Kier molecular flexibility index (Phi) is 11.5. The van der Waals surface area contributed by atoms with Gasteiger partial charge >= 0.3 is 0 Å². The number of ether oxygens (including phenoxy) is 4. The van der Waals surface area contributed by atoms with E-state index in [0.29, 0.717) is 46.1 Å². The summed E-state index contributed by atoms with van der Waals surface area (Å²) in [6.45, 7) is 7.91. The normalized spacial score (nSPS) is 20.8. The predicted molar refractivity (Wildman–Crippen MR) is 167 cm³/mol. The van der Waals surface area contributed by atoms with Gasteiger partial charge in [0.15, 0.2) is 0 Å². The molecule has 5 rings (SSSR count). The summed E-state index contributed by atoms with van der Waals surface area (Å²) in [7, 11) is 0. The number of likely N-dealkylation sites (tertiary alicyclic amines) is 1. The number of hydrogen-bond acceptors (Lipinski definition) is 5. The fraction of sp³-hybridized carbons (Fsp3) is 0.297. The van der Waals surface area contributed by atoms with Gasteiger partial charge in [-0.3, -0.25) is 4.90 Å². The van der Waals surface area contributed by atoms with Gasteiger partial charge in [0.25, 0.3) is 0 Å². The van der Waals surface area contributed by atoms with E-state index in [1.165, 1.54) is 0 Å². The van der Waals surface area contributed by atoms with Gasteiger partial charge in [-0.25, -0.2) is 0 Å². The van der Waals surface area contributed by atoms with E-state index in [1.54, 1.807) is 0 Å². The van der Waals surface area contributed by atoms with Gasteiger partial charge in [0.05, 0.1) is 45.2 Å². The van der Waals surface area contributed by atoms with Gasteiger partial charge in [-0.15, -0.1) is 6.58 Å². The van der Waals surface area contributed by atoms with E-state index < -0.39 is 0 Å². The van der Waals surface area contributed by atoms with Crippen LogP contribution in [0, 0.1) is 0 Å². The van der Waals surface area contributed by atoms with E-state index >= 15 is 0 Å². The Labute approximate surface area is 250 Å². The second-order valence-corrected chi connectivity index (χ2v) is 10.7. The SMILES string of the molecule is C=CCN1C[C@H](OCc2ccccc2)[C@@H](OCc2ccccc2)[C@H](OCc2ccccc2)[C@@H]1COCc1ccccc1. The highest BCUT2D eigenvalue weighted by molar-refractivity contribution is 5.16. The Balaban J connectivity index is 1.40. The van der Waals surface area contributed by atoms with E-state index in [2.05, 4.69) is 60.0 Å². The van der Waals surface area contributed by atoms with Crippen molar-refractivity contribution in [3.8, 4) is 0 Å². The molecule has 0 radical (unpaired) electrons. The van der Waals surface area contributed by atoms with E-state index in [1.807, 2.05) is 78.9 Å². The van der Waals surface area contributed by atoms with Crippen LogP contribution < -0.4 is 0 Å². The van der Waals surface area contributed by atoms with Gasteiger partial charge in [-0.2, -0.15) is 0 Å². The van der Waals surface area contributed by atoms with Crippen LogP contribution in [0.5, 0.6) is 0 Å². The second kappa shape index (κ2) is 16.2. The minimum absolute atomic E-state index is 0.0484. The molecule has 4 aromatic carbocycles. The third-order valence-electron chi connectivity index (χ3n) is 7.59. The van der Waals surface area contributed by atoms with Crippen molar-refractivity contribution in [2.24, 2.45) is 0 Å². The number of piperidine rings is 1. The van der Waals surface area contributed by atoms with Crippen molar-refractivity contribution in [3.63, 3.8) is 0 Å². The van der Waals surface area contributed by atoms with Crippen molar-refractivity contribution in [1.82, 2.24) is 4.90 Å². The van der Waals surface area contributed by atoms with Crippen molar-refractivity contribution in [2.45, 2.75) is 50.8 Å². The quantitative estimate of drug-likeness (QED) is 0.148. The molecule has 42 heavy (non-hydrogen) atoms. The van der Waals surface area contributed by atoms with Gasteiger partial charge in [0.1, 0.15) is 12.2 Å². The van der Waals surface area contributed by atoms with E-state index in [9.17, 15) is 0 Å². The van der Waals surface area contributed by atoms with Crippen LogP contribution in [0.4, 0.5) is 0 Å². The number of hydrogen-bond donors (Lipinski definition) is 0. The van der Waals surface area contributed by atoms with Crippen LogP contribution in [0.1, 0.15) is 22.3 Å². The molecule has 0 bridgehead atoms. The lowest BCUT2D eigenvalue weighted by Crippen LogP contribution is -2.64. The fourth-order valence-electron chi connectivity index (χ4n) is 5.42. The highest BCUT2D eigenvalue weighted by Gasteiger charge is 2.45. The summed E-state index contributed by atoms with van der Waals surface area (Å²) in [5, 5.41) is 0. The minimum atomic E-state index is -0.302. The van der Waals surface area contributed by atoms with Crippen LogP contribution in [0.15, 0.2) is 134 Å². The second-order valence-electron chi connectivity index (χ2n) is 10.7. The maximum atomic E-state index is 6.78. The van der Waals surface area contributed by atoms with Gasteiger partial charge in [-0.1, -0.05) is 127 Å². The molecule has 0 aliphatic carbocycles. The summed E-state index contributed by atoms with van der Waals surface area (Å²) < 4.78 is 26.5. The van der Waals surface area contributed by atoms with Gasteiger partial charge in [0.2, 0.25) is 0 Å². The highest BCUT2D eigenvalue weighted by atomic mass is 16.6. The molecule has 0 saturated carbocycles.